The van der Waals surface area contributed by atoms with E-state index < -0.39 is 6.10 Å². The molecule has 0 saturated carbocycles. The number of aromatic nitrogens is 5. The standard InChI is InChI=1S/C22H23N5O2/c1-14-8-10-17(11-9-14)21(28)15(2)27-13-18(24-25-27)12-26-16(3)23-20-7-5-4-6-19(20)22(26)29/h4-11,13,15,21,28H,12H2,1-3H3. The number of hydrogen-bond acceptors (Lipinski definition) is 5. The first-order chi connectivity index (χ1) is 13.9. The lowest BCUT2D eigenvalue weighted by Gasteiger charge is -2.19. The number of para-hydroxylation sites is 1. The van der Waals surface area contributed by atoms with Gasteiger partial charge in [0, 0.05) is 0 Å². The number of rotatable bonds is 5. The summed E-state index contributed by atoms with van der Waals surface area (Å²) in [5.41, 5.74) is 3.18. The van der Waals surface area contributed by atoms with Crippen LogP contribution in [0.2, 0.25) is 0 Å². The number of fused-ring (bicyclic) bond motifs is 1. The molecule has 4 aromatic rings. The zero-order valence-corrected chi connectivity index (χ0v) is 16.6. The van der Waals surface area contributed by atoms with E-state index in [0.29, 0.717) is 22.4 Å². The van der Waals surface area contributed by atoms with Gasteiger partial charge in [0.15, 0.2) is 0 Å². The highest BCUT2D eigenvalue weighted by atomic mass is 16.3. The molecule has 2 heterocycles. The van der Waals surface area contributed by atoms with Gasteiger partial charge < -0.3 is 5.11 Å². The molecule has 0 aliphatic heterocycles. The molecule has 0 radical (unpaired) electrons. The maximum atomic E-state index is 12.8. The molecule has 2 atom stereocenters. The lowest BCUT2D eigenvalue weighted by atomic mass is 10.0. The molecule has 1 N–H and O–H groups in total. The molecule has 7 heteroatoms. The van der Waals surface area contributed by atoms with Gasteiger partial charge in [-0.15, -0.1) is 5.10 Å². The van der Waals surface area contributed by atoms with E-state index >= 15 is 0 Å². The van der Waals surface area contributed by atoms with E-state index in [9.17, 15) is 9.90 Å². The lowest BCUT2D eigenvalue weighted by molar-refractivity contribution is 0.114. The van der Waals surface area contributed by atoms with Crippen LogP contribution in [0.1, 0.15) is 41.7 Å². The molecule has 2 aromatic heterocycles. The molecule has 0 amide bonds. The van der Waals surface area contributed by atoms with Crippen molar-refractivity contribution in [2.24, 2.45) is 0 Å². The fourth-order valence-corrected chi connectivity index (χ4v) is 3.40. The van der Waals surface area contributed by atoms with Crippen molar-refractivity contribution in [3.8, 4) is 0 Å². The minimum Gasteiger partial charge on any atom is -0.386 e. The largest absolute Gasteiger partial charge is 0.386 e. The van der Waals surface area contributed by atoms with E-state index in [2.05, 4.69) is 15.3 Å². The third-order valence-electron chi connectivity index (χ3n) is 5.22. The molecule has 148 valence electrons. The topological polar surface area (TPSA) is 85.8 Å². The van der Waals surface area contributed by atoms with E-state index in [1.54, 1.807) is 21.5 Å². The Morgan fingerprint density at radius 2 is 1.79 bits per heavy atom. The van der Waals surface area contributed by atoms with Crippen molar-refractivity contribution in [2.45, 2.75) is 39.5 Å². The van der Waals surface area contributed by atoms with E-state index in [0.717, 1.165) is 11.1 Å². The Morgan fingerprint density at radius 1 is 1.07 bits per heavy atom. The van der Waals surface area contributed by atoms with Crippen LogP contribution in [0.15, 0.2) is 59.5 Å². The van der Waals surface area contributed by atoms with Crippen LogP contribution in [-0.4, -0.2) is 29.7 Å². The second-order valence-electron chi connectivity index (χ2n) is 7.35. The summed E-state index contributed by atoms with van der Waals surface area (Å²) in [6.07, 6.45) is 1.06. The number of benzene rings is 2. The van der Waals surface area contributed by atoms with Gasteiger partial charge in [-0.25, -0.2) is 9.67 Å². The Kier molecular flexibility index (Phi) is 4.98. The average Bonchev–Trinajstić information content (AvgIpc) is 3.19. The first-order valence-electron chi connectivity index (χ1n) is 9.55. The summed E-state index contributed by atoms with van der Waals surface area (Å²) in [5.74, 6) is 0.621. The summed E-state index contributed by atoms with van der Waals surface area (Å²) < 4.78 is 3.23. The molecule has 0 bridgehead atoms. The molecule has 0 aliphatic rings. The van der Waals surface area contributed by atoms with Crippen molar-refractivity contribution in [2.75, 3.05) is 0 Å². The van der Waals surface area contributed by atoms with Gasteiger partial charge in [0.1, 0.15) is 17.6 Å². The van der Waals surface area contributed by atoms with Gasteiger partial charge in [0.2, 0.25) is 0 Å². The minimum absolute atomic E-state index is 0.101. The van der Waals surface area contributed by atoms with Crippen LogP contribution < -0.4 is 5.56 Å². The molecule has 2 unspecified atom stereocenters. The van der Waals surface area contributed by atoms with Crippen LogP contribution in [0.4, 0.5) is 0 Å². The summed E-state index contributed by atoms with van der Waals surface area (Å²) in [7, 11) is 0. The van der Waals surface area contributed by atoms with Gasteiger partial charge in [-0.3, -0.25) is 9.36 Å². The predicted octanol–water partition coefficient (Wildman–Crippen LogP) is 2.95. The van der Waals surface area contributed by atoms with Crippen molar-refractivity contribution in [3.05, 3.63) is 87.7 Å². The monoisotopic (exact) mass is 389 g/mol. The number of aryl methyl sites for hydroxylation is 2. The average molecular weight is 389 g/mol. The summed E-state index contributed by atoms with van der Waals surface area (Å²) >= 11 is 0. The molecular weight excluding hydrogens is 366 g/mol. The maximum Gasteiger partial charge on any atom is 0.261 e. The predicted molar refractivity (Wildman–Crippen MR) is 111 cm³/mol. The molecule has 0 fully saturated rings. The zero-order chi connectivity index (χ0) is 20.5. The van der Waals surface area contributed by atoms with E-state index in [1.807, 2.05) is 63.2 Å². The quantitative estimate of drug-likeness (QED) is 0.567. The van der Waals surface area contributed by atoms with Crippen LogP contribution in [0.5, 0.6) is 0 Å². The van der Waals surface area contributed by atoms with Crippen LogP contribution >= 0.6 is 0 Å². The van der Waals surface area contributed by atoms with Crippen LogP contribution in [0.25, 0.3) is 10.9 Å². The SMILES string of the molecule is Cc1ccc(C(O)C(C)n2cc(Cn3c(C)nc4ccccc4c3=O)nn2)cc1. The first kappa shape index (κ1) is 19.0. The van der Waals surface area contributed by atoms with Crippen molar-refractivity contribution in [1.82, 2.24) is 24.5 Å². The molecular formula is C22H23N5O2. The molecule has 2 aromatic carbocycles. The smallest absolute Gasteiger partial charge is 0.261 e. The van der Waals surface area contributed by atoms with Gasteiger partial charge in [-0.1, -0.05) is 47.2 Å². The first-order valence-corrected chi connectivity index (χ1v) is 9.55. The zero-order valence-electron chi connectivity index (χ0n) is 16.6. The van der Waals surface area contributed by atoms with Gasteiger partial charge in [-0.05, 0) is 38.5 Å². The minimum atomic E-state index is -0.711. The Bertz CT molecular complexity index is 1210. The summed E-state index contributed by atoms with van der Waals surface area (Å²) in [4.78, 5) is 17.4. The second-order valence-corrected chi connectivity index (χ2v) is 7.35. The third kappa shape index (κ3) is 3.69. The summed E-state index contributed by atoms with van der Waals surface area (Å²) in [5, 5.41) is 19.6. The van der Waals surface area contributed by atoms with Crippen molar-refractivity contribution in [3.63, 3.8) is 0 Å². The Hall–Kier alpha value is -3.32. The third-order valence-corrected chi connectivity index (χ3v) is 5.22. The fraction of sp³-hybridized carbons (Fsp3) is 0.273. The Labute approximate surface area is 168 Å². The number of nitrogens with zero attached hydrogens (tertiary/aromatic N) is 5. The Balaban J connectivity index is 1.59. The van der Waals surface area contributed by atoms with E-state index in [4.69, 9.17) is 0 Å². The van der Waals surface area contributed by atoms with Crippen LogP contribution in [0.3, 0.4) is 0 Å². The van der Waals surface area contributed by atoms with Crippen molar-refractivity contribution < 1.29 is 5.11 Å². The second kappa shape index (κ2) is 7.60. The molecule has 0 saturated heterocycles. The lowest BCUT2D eigenvalue weighted by Crippen LogP contribution is -2.24. The summed E-state index contributed by atoms with van der Waals surface area (Å²) in [6, 6.07) is 14.8. The van der Waals surface area contributed by atoms with Crippen molar-refractivity contribution >= 4 is 10.9 Å². The Morgan fingerprint density at radius 3 is 2.55 bits per heavy atom. The van der Waals surface area contributed by atoms with Gasteiger partial charge >= 0.3 is 0 Å². The fourth-order valence-electron chi connectivity index (χ4n) is 3.40. The van der Waals surface area contributed by atoms with Crippen LogP contribution in [-0.2, 0) is 6.54 Å². The van der Waals surface area contributed by atoms with Gasteiger partial charge in [0.05, 0.1) is 29.7 Å². The number of aliphatic hydroxyl groups is 1. The van der Waals surface area contributed by atoms with Crippen LogP contribution in [0, 0.1) is 13.8 Å². The van der Waals surface area contributed by atoms with E-state index in [1.165, 1.54) is 0 Å². The van der Waals surface area contributed by atoms with Crippen molar-refractivity contribution in [1.29, 1.82) is 0 Å². The highest BCUT2D eigenvalue weighted by Crippen LogP contribution is 2.25. The molecule has 7 nitrogen and oxygen atoms in total. The number of hydrogen-bond donors (Lipinski definition) is 1. The molecule has 0 spiro atoms. The molecule has 0 aliphatic carbocycles. The normalized spacial score (nSPS) is 13.5. The highest BCUT2D eigenvalue weighted by molar-refractivity contribution is 5.77. The molecule has 4 rings (SSSR count). The van der Waals surface area contributed by atoms with E-state index in [-0.39, 0.29) is 18.1 Å². The maximum absolute atomic E-state index is 12.8. The van der Waals surface area contributed by atoms with Gasteiger partial charge in [0.25, 0.3) is 5.56 Å². The molecule has 29 heavy (non-hydrogen) atoms. The summed E-state index contributed by atoms with van der Waals surface area (Å²) in [6.45, 7) is 5.98. The number of aliphatic hydroxyl groups excluding tert-OH is 1. The van der Waals surface area contributed by atoms with Gasteiger partial charge in [-0.2, -0.15) is 0 Å². The highest BCUT2D eigenvalue weighted by Gasteiger charge is 2.20.